The second-order valence-corrected chi connectivity index (χ2v) is 4.82. The van der Waals surface area contributed by atoms with Crippen LogP contribution in [0, 0.1) is 0 Å². The van der Waals surface area contributed by atoms with Crippen molar-refractivity contribution in [3.63, 3.8) is 0 Å². The predicted molar refractivity (Wildman–Crippen MR) is 74.8 cm³/mol. The van der Waals surface area contributed by atoms with Crippen LogP contribution in [0.3, 0.4) is 0 Å². The molecule has 0 aliphatic carbocycles. The lowest BCUT2D eigenvalue weighted by atomic mass is 10.1. The SMILES string of the molecule is CCCOc1nc(NCC)nc(OC(C)(C)CC)n1. The van der Waals surface area contributed by atoms with Crippen molar-refractivity contribution < 1.29 is 9.47 Å². The molecule has 6 nitrogen and oxygen atoms in total. The zero-order chi connectivity index (χ0) is 14.3. The summed E-state index contributed by atoms with van der Waals surface area (Å²) >= 11 is 0. The Morgan fingerprint density at radius 3 is 2.32 bits per heavy atom. The van der Waals surface area contributed by atoms with Crippen molar-refractivity contribution in [3.8, 4) is 12.0 Å². The minimum atomic E-state index is -0.313. The van der Waals surface area contributed by atoms with Crippen molar-refractivity contribution in [1.29, 1.82) is 0 Å². The number of nitrogens with zero attached hydrogens (tertiary/aromatic N) is 3. The van der Waals surface area contributed by atoms with Crippen LogP contribution in [0.2, 0.25) is 0 Å². The molecule has 0 amide bonds. The van der Waals surface area contributed by atoms with E-state index in [1.807, 2.05) is 27.7 Å². The van der Waals surface area contributed by atoms with E-state index in [1.165, 1.54) is 0 Å². The quantitative estimate of drug-likeness (QED) is 0.781. The van der Waals surface area contributed by atoms with E-state index in [4.69, 9.17) is 9.47 Å². The summed E-state index contributed by atoms with van der Waals surface area (Å²) in [5.41, 5.74) is -0.313. The fourth-order valence-electron chi connectivity index (χ4n) is 1.20. The summed E-state index contributed by atoms with van der Waals surface area (Å²) in [5, 5.41) is 3.05. The first-order valence-corrected chi connectivity index (χ1v) is 6.82. The van der Waals surface area contributed by atoms with Crippen LogP contribution in [-0.4, -0.2) is 33.7 Å². The van der Waals surface area contributed by atoms with Crippen molar-refractivity contribution >= 4 is 5.95 Å². The van der Waals surface area contributed by atoms with Crippen LogP contribution in [0.4, 0.5) is 5.95 Å². The molecule has 0 fully saturated rings. The first kappa shape index (κ1) is 15.5. The minimum absolute atomic E-state index is 0.295. The van der Waals surface area contributed by atoms with Gasteiger partial charge in [-0.15, -0.1) is 4.98 Å². The van der Waals surface area contributed by atoms with Crippen LogP contribution in [0.15, 0.2) is 0 Å². The lowest BCUT2D eigenvalue weighted by Gasteiger charge is -2.23. The number of rotatable bonds is 8. The molecule has 0 saturated heterocycles. The Labute approximate surface area is 115 Å². The maximum Gasteiger partial charge on any atom is 0.324 e. The average molecular weight is 268 g/mol. The zero-order valence-electron chi connectivity index (χ0n) is 12.5. The molecule has 108 valence electrons. The van der Waals surface area contributed by atoms with Crippen LogP contribution in [-0.2, 0) is 0 Å². The van der Waals surface area contributed by atoms with Crippen molar-refractivity contribution in [2.24, 2.45) is 0 Å². The second-order valence-electron chi connectivity index (χ2n) is 4.82. The minimum Gasteiger partial charge on any atom is -0.463 e. The number of hydrogen-bond donors (Lipinski definition) is 1. The molecule has 0 aliphatic heterocycles. The highest BCUT2D eigenvalue weighted by Gasteiger charge is 2.20. The van der Waals surface area contributed by atoms with Crippen LogP contribution >= 0.6 is 0 Å². The fraction of sp³-hybridized carbons (Fsp3) is 0.769. The predicted octanol–water partition coefficient (Wildman–Crippen LogP) is 2.66. The fourth-order valence-corrected chi connectivity index (χ4v) is 1.20. The molecule has 1 heterocycles. The molecule has 0 bridgehead atoms. The molecular formula is C13H24N4O2. The van der Waals surface area contributed by atoms with E-state index in [0.717, 1.165) is 19.4 Å². The summed E-state index contributed by atoms with van der Waals surface area (Å²) in [7, 11) is 0. The van der Waals surface area contributed by atoms with Gasteiger partial charge in [0.25, 0.3) is 0 Å². The summed E-state index contributed by atoms with van der Waals surface area (Å²) in [6, 6.07) is 0.596. The summed E-state index contributed by atoms with van der Waals surface area (Å²) in [4.78, 5) is 12.6. The van der Waals surface area contributed by atoms with Gasteiger partial charge in [-0.25, -0.2) is 0 Å². The van der Waals surface area contributed by atoms with E-state index in [0.29, 0.717) is 24.6 Å². The molecule has 0 atom stereocenters. The van der Waals surface area contributed by atoms with E-state index in [2.05, 4.69) is 27.2 Å². The maximum atomic E-state index is 5.78. The van der Waals surface area contributed by atoms with Crippen LogP contribution in [0.25, 0.3) is 0 Å². The van der Waals surface area contributed by atoms with Gasteiger partial charge in [0, 0.05) is 6.54 Å². The topological polar surface area (TPSA) is 69.2 Å². The summed E-state index contributed by atoms with van der Waals surface area (Å²) in [6.45, 7) is 11.4. The van der Waals surface area contributed by atoms with E-state index in [-0.39, 0.29) is 5.60 Å². The largest absolute Gasteiger partial charge is 0.463 e. The standard InChI is InChI=1S/C13H24N4O2/c1-6-9-18-11-15-10(14-8-3)16-12(17-11)19-13(4,5)7-2/h6-9H2,1-5H3,(H,14,15,16,17). The molecule has 0 aliphatic rings. The molecule has 6 heteroatoms. The Kier molecular flexibility index (Phi) is 5.79. The van der Waals surface area contributed by atoms with Gasteiger partial charge in [0.2, 0.25) is 5.95 Å². The molecular weight excluding hydrogens is 244 g/mol. The lowest BCUT2D eigenvalue weighted by molar-refractivity contribution is 0.0907. The summed E-state index contributed by atoms with van der Waals surface area (Å²) in [6.07, 6.45) is 1.76. The van der Waals surface area contributed by atoms with E-state index < -0.39 is 0 Å². The van der Waals surface area contributed by atoms with Crippen LogP contribution in [0.5, 0.6) is 12.0 Å². The number of aromatic nitrogens is 3. The Morgan fingerprint density at radius 1 is 1.05 bits per heavy atom. The third-order valence-corrected chi connectivity index (χ3v) is 2.58. The first-order chi connectivity index (χ1) is 9.00. The highest BCUT2D eigenvalue weighted by molar-refractivity contribution is 5.27. The molecule has 1 rings (SSSR count). The van der Waals surface area contributed by atoms with Gasteiger partial charge in [-0.1, -0.05) is 13.8 Å². The van der Waals surface area contributed by atoms with Gasteiger partial charge in [-0.05, 0) is 33.6 Å². The molecule has 1 N–H and O–H groups in total. The molecule has 0 aromatic carbocycles. The van der Waals surface area contributed by atoms with Crippen molar-refractivity contribution in [2.75, 3.05) is 18.5 Å². The first-order valence-electron chi connectivity index (χ1n) is 6.82. The van der Waals surface area contributed by atoms with Crippen molar-refractivity contribution in [1.82, 2.24) is 15.0 Å². The molecule has 19 heavy (non-hydrogen) atoms. The zero-order valence-corrected chi connectivity index (χ0v) is 12.5. The second kappa shape index (κ2) is 7.11. The van der Waals surface area contributed by atoms with Crippen LogP contribution < -0.4 is 14.8 Å². The molecule has 0 unspecified atom stereocenters. The van der Waals surface area contributed by atoms with E-state index in [9.17, 15) is 0 Å². The smallest absolute Gasteiger partial charge is 0.324 e. The number of anilines is 1. The van der Waals surface area contributed by atoms with Crippen molar-refractivity contribution in [3.05, 3.63) is 0 Å². The normalized spacial score (nSPS) is 11.2. The Morgan fingerprint density at radius 2 is 1.74 bits per heavy atom. The number of ether oxygens (including phenoxy) is 2. The van der Waals surface area contributed by atoms with Gasteiger partial charge in [-0.2, -0.15) is 9.97 Å². The lowest BCUT2D eigenvalue weighted by Crippen LogP contribution is -2.28. The highest BCUT2D eigenvalue weighted by Crippen LogP contribution is 2.20. The summed E-state index contributed by atoms with van der Waals surface area (Å²) < 4.78 is 11.2. The van der Waals surface area contributed by atoms with E-state index >= 15 is 0 Å². The molecule has 0 spiro atoms. The Hall–Kier alpha value is -1.59. The van der Waals surface area contributed by atoms with Crippen molar-refractivity contribution in [2.45, 2.75) is 53.1 Å². The van der Waals surface area contributed by atoms with Gasteiger partial charge in [-0.3, -0.25) is 0 Å². The molecule has 1 aromatic heterocycles. The Balaban J connectivity index is 2.91. The number of hydrogen-bond acceptors (Lipinski definition) is 6. The van der Waals surface area contributed by atoms with Gasteiger partial charge >= 0.3 is 12.0 Å². The molecule has 0 radical (unpaired) electrons. The third kappa shape index (κ3) is 5.28. The Bertz CT molecular complexity index is 396. The van der Waals surface area contributed by atoms with Gasteiger partial charge in [0.1, 0.15) is 5.60 Å². The monoisotopic (exact) mass is 268 g/mol. The molecule has 1 aromatic rings. The van der Waals surface area contributed by atoms with Crippen LogP contribution in [0.1, 0.15) is 47.5 Å². The van der Waals surface area contributed by atoms with E-state index in [1.54, 1.807) is 0 Å². The highest BCUT2D eigenvalue weighted by atomic mass is 16.5. The summed E-state index contributed by atoms with van der Waals surface area (Å²) in [5.74, 6) is 0.477. The molecule has 0 saturated carbocycles. The van der Waals surface area contributed by atoms with Gasteiger partial charge in [0.05, 0.1) is 6.61 Å². The average Bonchev–Trinajstić information content (AvgIpc) is 2.36. The maximum absolute atomic E-state index is 5.78. The van der Waals surface area contributed by atoms with Gasteiger partial charge in [0.15, 0.2) is 0 Å². The van der Waals surface area contributed by atoms with Gasteiger partial charge < -0.3 is 14.8 Å². The number of nitrogens with one attached hydrogen (secondary N) is 1. The third-order valence-electron chi connectivity index (χ3n) is 2.58.